The molecule has 0 atom stereocenters. The Hall–Kier alpha value is -1.88. The Morgan fingerprint density at radius 3 is 2.45 bits per heavy atom. The van der Waals surface area contributed by atoms with Crippen molar-refractivity contribution in [3.63, 3.8) is 0 Å². The van der Waals surface area contributed by atoms with Gasteiger partial charge in [0, 0.05) is 31.3 Å². The lowest BCUT2D eigenvalue weighted by Gasteiger charge is -2.36. The number of halogens is 1. The minimum absolute atomic E-state index is 0.0769. The fraction of sp³-hybridized carbons (Fsp3) is 0.458. The van der Waals surface area contributed by atoms with Crippen molar-refractivity contribution in [1.82, 2.24) is 10.2 Å². The zero-order valence-corrected chi connectivity index (χ0v) is 17.6. The average Bonchev–Trinajstić information content (AvgIpc) is 3.26. The fourth-order valence-corrected chi connectivity index (χ4v) is 4.65. The standard InChI is InChI=1S/C24H29ClN2O2/c25-22-8-6-21(7-9-22)24(10-14-29-15-11-24)23(28)26-17-19-4-3-5-20(16-19)18-27-12-1-2-13-27/h3-9,16H,1-2,10-15,17-18H2,(H,26,28). The largest absolute Gasteiger partial charge is 0.381 e. The molecule has 4 nitrogen and oxygen atoms in total. The van der Waals surface area contributed by atoms with E-state index in [2.05, 4.69) is 34.5 Å². The molecule has 29 heavy (non-hydrogen) atoms. The predicted octanol–water partition coefficient (Wildman–Crippen LogP) is 4.30. The first-order valence-electron chi connectivity index (χ1n) is 10.6. The lowest BCUT2D eigenvalue weighted by atomic mass is 9.73. The highest BCUT2D eigenvalue weighted by Crippen LogP contribution is 2.36. The number of nitrogens with zero attached hydrogens (tertiary/aromatic N) is 1. The van der Waals surface area contributed by atoms with Gasteiger partial charge in [0.1, 0.15) is 0 Å². The molecule has 2 fully saturated rings. The molecule has 4 rings (SSSR count). The molecular weight excluding hydrogens is 384 g/mol. The molecule has 2 saturated heterocycles. The van der Waals surface area contributed by atoms with E-state index in [1.807, 2.05) is 24.3 Å². The minimum Gasteiger partial charge on any atom is -0.381 e. The summed E-state index contributed by atoms with van der Waals surface area (Å²) >= 11 is 6.06. The summed E-state index contributed by atoms with van der Waals surface area (Å²) in [5.41, 5.74) is 2.94. The van der Waals surface area contributed by atoms with Gasteiger partial charge in [0.2, 0.25) is 5.91 Å². The Morgan fingerprint density at radius 1 is 1.03 bits per heavy atom. The Bertz CT molecular complexity index is 825. The van der Waals surface area contributed by atoms with Gasteiger partial charge < -0.3 is 10.1 Å². The van der Waals surface area contributed by atoms with E-state index in [4.69, 9.17) is 16.3 Å². The van der Waals surface area contributed by atoms with Gasteiger partial charge in [0.15, 0.2) is 0 Å². The molecule has 0 spiro atoms. The zero-order chi connectivity index (χ0) is 20.1. The summed E-state index contributed by atoms with van der Waals surface area (Å²) in [5.74, 6) is 0.0769. The normalized spacial score (nSPS) is 19.2. The molecular formula is C24H29ClN2O2. The predicted molar refractivity (Wildman–Crippen MR) is 116 cm³/mol. The molecule has 2 aliphatic heterocycles. The number of nitrogens with one attached hydrogen (secondary N) is 1. The number of carbonyl (C=O) groups excluding carboxylic acids is 1. The summed E-state index contributed by atoms with van der Waals surface area (Å²) in [6.45, 7) is 5.11. The van der Waals surface area contributed by atoms with Crippen LogP contribution in [0.2, 0.25) is 5.02 Å². The van der Waals surface area contributed by atoms with Crippen LogP contribution in [0.3, 0.4) is 0 Å². The van der Waals surface area contributed by atoms with E-state index in [9.17, 15) is 4.79 Å². The molecule has 0 aromatic heterocycles. The van der Waals surface area contributed by atoms with Crippen LogP contribution in [-0.4, -0.2) is 37.1 Å². The highest BCUT2D eigenvalue weighted by molar-refractivity contribution is 6.30. The number of benzene rings is 2. The van der Waals surface area contributed by atoms with E-state index in [1.54, 1.807) is 0 Å². The first-order valence-corrected chi connectivity index (χ1v) is 11.0. The van der Waals surface area contributed by atoms with Crippen LogP contribution in [0.15, 0.2) is 48.5 Å². The molecule has 2 aromatic carbocycles. The number of rotatable bonds is 6. The van der Waals surface area contributed by atoms with E-state index in [0.717, 1.165) is 17.7 Å². The number of amides is 1. The van der Waals surface area contributed by atoms with E-state index in [0.29, 0.717) is 37.6 Å². The molecule has 2 aliphatic rings. The van der Waals surface area contributed by atoms with Crippen LogP contribution in [0.1, 0.15) is 42.4 Å². The van der Waals surface area contributed by atoms with Crippen LogP contribution in [0, 0.1) is 0 Å². The van der Waals surface area contributed by atoms with Gasteiger partial charge in [-0.05, 0) is 67.6 Å². The minimum atomic E-state index is -0.546. The molecule has 5 heteroatoms. The second-order valence-corrected chi connectivity index (χ2v) is 8.62. The summed E-state index contributed by atoms with van der Waals surface area (Å²) in [4.78, 5) is 15.8. The maximum absolute atomic E-state index is 13.3. The molecule has 0 aliphatic carbocycles. The second kappa shape index (κ2) is 9.29. The average molecular weight is 413 g/mol. The van der Waals surface area contributed by atoms with E-state index >= 15 is 0 Å². The lowest BCUT2D eigenvalue weighted by molar-refractivity contribution is -0.130. The molecule has 2 aromatic rings. The summed E-state index contributed by atoms with van der Waals surface area (Å²) in [6.07, 6.45) is 3.98. The third-order valence-corrected chi connectivity index (χ3v) is 6.48. The fourth-order valence-electron chi connectivity index (χ4n) is 4.52. The van der Waals surface area contributed by atoms with Crippen molar-refractivity contribution in [1.29, 1.82) is 0 Å². The van der Waals surface area contributed by atoms with Crippen LogP contribution in [0.4, 0.5) is 0 Å². The van der Waals surface area contributed by atoms with Crippen molar-refractivity contribution >= 4 is 17.5 Å². The van der Waals surface area contributed by atoms with Crippen LogP contribution >= 0.6 is 11.6 Å². The van der Waals surface area contributed by atoms with Crippen LogP contribution in [0.5, 0.6) is 0 Å². The Kier molecular flexibility index (Phi) is 6.53. The smallest absolute Gasteiger partial charge is 0.231 e. The molecule has 1 amide bonds. The maximum atomic E-state index is 13.3. The molecule has 0 bridgehead atoms. The van der Waals surface area contributed by atoms with Gasteiger partial charge in [-0.15, -0.1) is 0 Å². The first kappa shape index (κ1) is 20.4. The number of hydrogen-bond acceptors (Lipinski definition) is 3. The molecule has 0 unspecified atom stereocenters. The van der Waals surface area contributed by atoms with Gasteiger partial charge >= 0.3 is 0 Å². The van der Waals surface area contributed by atoms with Crippen LogP contribution < -0.4 is 5.32 Å². The van der Waals surface area contributed by atoms with E-state index in [1.165, 1.54) is 31.5 Å². The van der Waals surface area contributed by atoms with Gasteiger partial charge in [0.05, 0.1) is 5.41 Å². The van der Waals surface area contributed by atoms with Crippen molar-refractivity contribution in [3.05, 3.63) is 70.2 Å². The Labute approximate surface area is 178 Å². The SMILES string of the molecule is O=C(NCc1cccc(CN2CCCC2)c1)C1(c2ccc(Cl)cc2)CCOCC1. The number of ether oxygens (including phenoxy) is 1. The van der Waals surface area contributed by atoms with Crippen molar-refractivity contribution in [2.75, 3.05) is 26.3 Å². The first-order chi connectivity index (χ1) is 14.2. The molecule has 2 heterocycles. The quantitative estimate of drug-likeness (QED) is 0.769. The van der Waals surface area contributed by atoms with E-state index in [-0.39, 0.29) is 5.91 Å². The second-order valence-electron chi connectivity index (χ2n) is 8.19. The van der Waals surface area contributed by atoms with Crippen molar-refractivity contribution in [2.45, 2.75) is 44.2 Å². The number of carbonyl (C=O) groups is 1. The summed E-state index contributed by atoms with van der Waals surface area (Å²) in [7, 11) is 0. The highest BCUT2D eigenvalue weighted by Gasteiger charge is 2.41. The van der Waals surface area contributed by atoms with Gasteiger partial charge in [-0.25, -0.2) is 0 Å². The van der Waals surface area contributed by atoms with Gasteiger partial charge in [-0.2, -0.15) is 0 Å². The summed E-state index contributed by atoms with van der Waals surface area (Å²) < 4.78 is 5.55. The Morgan fingerprint density at radius 2 is 1.72 bits per heavy atom. The number of likely N-dealkylation sites (tertiary alicyclic amines) is 1. The van der Waals surface area contributed by atoms with Crippen molar-refractivity contribution in [3.8, 4) is 0 Å². The lowest BCUT2D eigenvalue weighted by Crippen LogP contribution is -2.47. The molecule has 0 radical (unpaired) electrons. The van der Waals surface area contributed by atoms with Crippen LogP contribution in [0.25, 0.3) is 0 Å². The van der Waals surface area contributed by atoms with Crippen molar-refractivity contribution < 1.29 is 9.53 Å². The molecule has 154 valence electrons. The third-order valence-electron chi connectivity index (χ3n) is 6.23. The zero-order valence-electron chi connectivity index (χ0n) is 16.8. The maximum Gasteiger partial charge on any atom is 0.231 e. The molecule has 1 N–H and O–H groups in total. The Balaban J connectivity index is 1.45. The third kappa shape index (κ3) is 4.82. The van der Waals surface area contributed by atoms with E-state index < -0.39 is 5.41 Å². The van der Waals surface area contributed by atoms with Gasteiger partial charge in [-0.3, -0.25) is 9.69 Å². The highest BCUT2D eigenvalue weighted by atomic mass is 35.5. The molecule has 0 saturated carbocycles. The van der Waals surface area contributed by atoms with Crippen LogP contribution in [-0.2, 0) is 28.0 Å². The van der Waals surface area contributed by atoms with Gasteiger partial charge in [-0.1, -0.05) is 48.0 Å². The number of hydrogen-bond donors (Lipinski definition) is 1. The van der Waals surface area contributed by atoms with Gasteiger partial charge in [0.25, 0.3) is 0 Å². The summed E-state index contributed by atoms with van der Waals surface area (Å²) in [6, 6.07) is 16.3. The monoisotopic (exact) mass is 412 g/mol. The summed E-state index contributed by atoms with van der Waals surface area (Å²) in [5, 5.41) is 3.89. The topological polar surface area (TPSA) is 41.6 Å². The van der Waals surface area contributed by atoms with Crippen molar-refractivity contribution in [2.24, 2.45) is 0 Å².